The number of carbonyl (C=O) groups is 1. The van der Waals surface area contributed by atoms with Crippen LogP contribution >= 0.6 is 11.6 Å². The Morgan fingerprint density at radius 2 is 1.89 bits per heavy atom. The van der Waals surface area contributed by atoms with Gasteiger partial charge in [0.15, 0.2) is 0 Å². The lowest BCUT2D eigenvalue weighted by molar-refractivity contribution is -0.149. The van der Waals surface area contributed by atoms with E-state index in [1.165, 1.54) is 6.07 Å². The van der Waals surface area contributed by atoms with Gasteiger partial charge in [-0.25, -0.2) is 4.39 Å². The molecule has 1 spiro atoms. The Bertz CT molecular complexity index is 1160. The zero-order chi connectivity index (χ0) is 27.7. The van der Waals surface area contributed by atoms with E-state index in [1.807, 2.05) is 31.2 Å². The van der Waals surface area contributed by atoms with Gasteiger partial charge in [-0.2, -0.15) is 0 Å². The number of halogens is 2. The first kappa shape index (κ1) is 29.1. The molecule has 0 bridgehead atoms. The highest BCUT2D eigenvalue weighted by Gasteiger charge is 2.43. The summed E-state index contributed by atoms with van der Waals surface area (Å²) >= 11 is 6.61. The number of fused-ring (bicyclic) bond motifs is 2. The summed E-state index contributed by atoms with van der Waals surface area (Å²) in [6.07, 6.45) is 2.09. The highest BCUT2D eigenvalue weighted by molar-refractivity contribution is 6.74. The number of piperidine rings is 1. The van der Waals surface area contributed by atoms with E-state index >= 15 is 0 Å². The van der Waals surface area contributed by atoms with Gasteiger partial charge in [0.2, 0.25) is 8.32 Å². The summed E-state index contributed by atoms with van der Waals surface area (Å²) in [5, 5.41) is 0.700. The molecule has 0 radical (unpaired) electrons. The Balaban J connectivity index is 1.46. The number of rotatable bonds is 8. The quantitative estimate of drug-likeness (QED) is 0.254. The Morgan fingerprint density at radius 3 is 2.55 bits per heavy atom. The van der Waals surface area contributed by atoms with Gasteiger partial charge in [-0.3, -0.25) is 4.79 Å². The molecule has 2 aliphatic rings. The predicted molar refractivity (Wildman–Crippen MR) is 152 cm³/mol. The van der Waals surface area contributed by atoms with Crippen molar-refractivity contribution in [2.45, 2.75) is 77.3 Å². The summed E-state index contributed by atoms with van der Waals surface area (Å²) in [6, 6.07) is 10.7. The predicted octanol–water partition coefficient (Wildman–Crippen LogP) is 7.11. The largest absolute Gasteiger partial charge is 0.543 e. The van der Waals surface area contributed by atoms with Crippen LogP contribution in [0.15, 0.2) is 36.4 Å². The van der Waals surface area contributed by atoms with Crippen LogP contribution < -0.4 is 4.43 Å². The van der Waals surface area contributed by atoms with Crippen LogP contribution in [0, 0.1) is 11.7 Å². The van der Waals surface area contributed by atoms with Crippen LogP contribution in [0.3, 0.4) is 0 Å². The fourth-order valence-corrected chi connectivity index (χ4v) is 6.43. The number of hydrogen-bond donors (Lipinski definition) is 0. The standard InChI is InChI=1S/C30H41ClFNO4Si/c1-7-35-28(34)22(16-21-18-25(9-11-27(21)31)37-38(5,6)29(2,3)4)19-33-14-12-30(13-15-33)26-10-8-24(32)17-23(26)20-36-30/h8-11,17-18,22H,7,12-16,19-20H2,1-6H3. The number of likely N-dealkylation sites (tertiary alicyclic amines) is 1. The molecule has 1 atom stereocenters. The lowest BCUT2D eigenvalue weighted by Gasteiger charge is -2.40. The number of hydrogen-bond acceptors (Lipinski definition) is 5. The van der Waals surface area contributed by atoms with Crippen molar-refractivity contribution in [3.8, 4) is 5.75 Å². The summed E-state index contributed by atoms with van der Waals surface area (Å²) in [6.45, 7) is 15.8. The van der Waals surface area contributed by atoms with E-state index in [0.717, 1.165) is 48.4 Å². The monoisotopic (exact) mass is 561 g/mol. The number of nitrogens with zero attached hydrogens (tertiary/aromatic N) is 1. The SMILES string of the molecule is CCOC(=O)C(Cc1cc(O[Si](C)(C)C(C)(C)C)ccc1Cl)CN1CCC2(CC1)OCc1cc(F)ccc12. The van der Waals surface area contributed by atoms with Crippen LogP contribution in [0.1, 0.15) is 57.2 Å². The fourth-order valence-electron chi connectivity index (χ4n) is 5.21. The molecule has 2 aromatic carbocycles. The van der Waals surface area contributed by atoms with Gasteiger partial charge in [0.1, 0.15) is 11.6 Å². The summed E-state index contributed by atoms with van der Waals surface area (Å²) < 4.78 is 31.9. The highest BCUT2D eigenvalue weighted by atomic mass is 35.5. The van der Waals surface area contributed by atoms with Crippen LogP contribution in [0.5, 0.6) is 5.75 Å². The maximum Gasteiger partial charge on any atom is 0.310 e. The minimum Gasteiger partial charge on any atom is -0.543 e. The Labute approximate surface area is 232 Å². The van der Waals surface area contributed by atoms with Crippen molar-refractivity contribution in [3.63, 3.8) is 0 Å². The molecule has 38 heavy (non-hydrogen) atoms. The Kier molecular flexibility index (Phi) is 8.63. The van der Waals surface area contributed by atoms with Crippen LogP contribution in [-0.2, 0) is 32.9 Å². The van der Waals surface area contributed by atoms with Gasteiger partial charge in [0, 0.05) is 24.7 Å². The third-order valence-corrected chi connectivity index (χ3v) is 13.2. The number of ether oxygens (including phenoxy) is 2. The summed E-state index contributed by atoms with van der Waals surface area (Å²) in [5.41, 5.74) is 2.57. The molecule has 5 nitrogen and oxygen atoms in total. The second kappa shape index (κ2) is 11.3. The average molecular weight is 562 g/mol. The van der Waals surface area contributed by atoms with Crippen molar-refractivity contribution in [1.82, 2.24) is 4.90 Å². The second-order valence-corrected chi connectivity index (χ2v) is 17.3. The average Bonchev–Trinajstić information content (AvgIpc) is 3.18. The number of esters is 1. The Hall–Kier alpha value is -1.93. The van der Waals surface area contributed by atoms with E-state index in [-0.39, 0.29) is 28.3 Å². The van der Waals surface area contributed by atoms with Gasteiger partial charge in [-0.1, -0.05) is 38.4 Å². The van der Waals surface area contributed by atoms with Gasteiger partial charge in [-0.05, 0) is 91.3 Å². The summed E-state index contributed by atoms with van der Waals surface area (Å²) in [4.78, 5) is 15.4. The van der Waals surface area contributed by atoms with Crippen molar-refractivity contribution in [1.29, 1.82) is 0 Å². The molecule has 4 rings (SSSR count). The molecule has 2 heterocycles. The maximum atomic E-state index is 13.7. The van der Waals surface area contributed by atoms with Gasteiger partial charge in [0.25, 0.3) is 0 Å². The molecule has 0 N–H and O–H groups in total. The smallest absolute Gasteiger partial charge is 0.310 e. The molecule has 8 heteroatoms. The zero-order valence-electron chi connectivity index (χ0n) is 23.5. The fraction of sp³-hybridized carbons (Fsp3) is 0.567. The van der Waals surface area contributed by atoms with Gasteiger partial charge >= 0.3 is 5.97 Å². The van der Waals surface area contributed by atoms with E-state index in [2.05, 4.69) is 38.8 Å². The molecular weight excluding hydrogens is 521 g/mol. The van der Waals surface area contributed by atoms with Crippen molar-refractivity contribution in [3.05, 3.63) is 63.9 Å². The number of carbonyl (C=O) groups excluding carboxylic acids is 1. The van der Waals surface area contributed by atoms with Crippen LogP contribution in [0.4, 0.5) is 4.39 Å². The third-order valence-electron chi connectivity index (χ3n) is 8.49. The van der Waals surface area contributed by atoms with Crippen molar-refractivity contribution in [2.24, 2.45) is 5.92 Å². The summed E-state index contributed by atoms with van der Waals surface area (Å²) in [5.74, 6) is 0.0107. The van der Waals surface area contributed by atoms with Crippen LogP contribution in [0.25, 0.3) is 0 Å². The minimum atomic E-state index is -2.02. The topological polar surface area (TPSA) is 48.0 Å². The van der Waals surface area contributed by atoms with Crippen molar-refractivity contribution >= 4 is 25.9 Å². The first-order chi connectivity index (χ1) is 17.8. The van der Waals surface area contributed by atoms with Gasteiger partial charge in [0.05, 0.1) is 24.7 Å². The van der Waals surface area contributed by atoms with Crippen LogP contribution in [-0.4, -0.2) is 45.4 Å². The molecule has 1 unspecified atom stereocenters. The van der Waals surface area contributed by atoms with Crippen LogP contribution in [0.2, 0.25) is 23.2 Å². The molecule has 1 saturated heterocycles. The lowest BCUT2D eigenvalue weighted by atomic mass is 9.83. The normalized spacial score (nSPS) is 18.3. The molecule has 208 valence electrons. The summed E-state index contributed by atoms with van der Waals surface area (Å²) in [7, 11) is -2.02. The van der Waals surface area contributed by atoms with E-state index in [1.54, 1.807) is 6.07 Å². The third kappa shape index (κ3) is 6.27. The van der Waals surface area contributed by atoms with Gasteiger partial charge < -0.3 is 18.8 Å². The van der Waals surface area contributed by atoms with Gasteiger partial charge in [-0.15, -0.1) is 0 Å². The zero-order valence-corrected chi connectivity index (χ0v) is 25.3. The molecule has 2 aromatic rings. The molecule has 0 saturated carbocycles. The van der Waals surface area contributed by atoms with E-state index < -0.39 is 8.32 Å². The number of benzene rings is 2. The Morgan fingerprint density at radius 1 is 1.18 bits per heavy atom. The van der Waals surface area contributed by atoms with Crippen molar-refractivity contribution < 1.29 is 23.1 Å². The maximum absolute atomic E-state index is 13.7. The molecule has 0 amide bonds. The van der Waals surface area contributed by atoms with E-state index in [4.69, 9.17) is 25.5 Å². The highest BCUT2D eigenvalue weighted by Crippen LogP contribution is 2.44. The molecule has 0 aliphatic carbocycles. The molecule has 1 fully saturated rings. The first-order valence-electron chi connectivity index (χ1n) is 13.6. The molecule has 0 aromatic heterocycles. The van der Waals surface area contributed by atoms with E-state index in [9.17, 15) is 9.18 Å². The second-order valence-electron chi connectivity index (χ2n) is 12.2. The molecular formula is C30H41ClFNO4Si. The lowest BCUT2D eigenvalue weighted by Crippen LogP contribution is -2.45. The minimum absolute atomic E-state index is 0.0730. The van der Waals surface area contributed by atoms with Crippen molar-refractivity contribution in [2.75, 3.05) is 26.2 Å². The van der Waals surface area contributed by atoms with E-state index in [0.29, 0.717) is 31.2 Å². The first-order valence-corrected chi connectivity index (χ1v) is 16.9. The molecule has 2 aliphatic heterocycles.